The highest BCUT2D eigenvalue weighted by Gasteiger charge is 2.39. The molecule has 0 spiro atoms. The number of nitrogens with one attached hydrogen (secondary N) is 2. The molecule has 5 rings (SSSR count). The highest BCUT2D eigenvalue weighted by Crippen LogP contribution is 2.35. The number of hydrogen-bond acceptors (Lipinski definition) is 5. The standard InChI is InChI=1S/C24H22F2N4O3.C2H6/c1-33-22-7-2-4-17(26)23(22)20-5-3-6-21(30(20)32)24(31)28-18-10-14(25)8-9-19(18)29-13-15-11-16(29)12-27-15;1-2/h2-10,15-16,27H,11-13H2,1H3,(H-,28,31,32);1-2H3/p+1. The van der Waals surface area contributed by atoms with Crippen LogP contribution < -0.4 is 25.0 Å². The third-order valence-electron chi connectivity index (χ3n) is 6.22. The van der Waals surface area contributed by atoms with E-state index >= 15 is 0 Å². The van der Waals surface area contributed by atoms with Gasteiger partial charge < -0.3 is 20.3 Å². The van der Waals surface area contributed by atoms with E-state index in [2.05, 4.69) is 15.5 Å². The first-order valence-electron chi connectivity index (χ1n) is 11.6. The Morgan fingerprint density at radius 2 is 1.94 bits per heavy atom. The Hall–Kier alpha value is -3.72. The number of nitrogens with zero attached hydrogens (tertiary/aromatic N) is 2. The van der Waals surface area contributed by atoms with Gasteiger partial charge in [0.05, 0.1) is 18.5 Å². The van der Waals surface area contributed by atoms with E-state index in [1.54, 1.807) is 12.1 Å². The van der Waals surface area contributed by atoms with Gasteiger partial charge in [0.15, 0.2) is 0 Å². The van der Waals surface area contributed by atoms with Crippen LogP contribution in [-0.4, -0.2) is 43.4 Å². The minimum absolute atomic E-state index is 0.0178. The van der Waals surface area contributed by atoms with Gasteiger partial charge in [-0.05, 0) is 42.8 Å². The monoisotopic (exact) mass is 483 g/mol. The Bertz CT molecular complexity index is 1240. The van der Waals surface area contributed by atoms with Gasteiger partial charge in [-0.1, -0.05) is 19.9 Å². The molecule has 0 aliphatic carbocycles. The highest BCUT2D eigenvalue weighted by molar-refractivity contribution is 6.04. The van der Waals surface area contributed by atoms with Gasteiger partial charge in [-0.15, -0.1) is 0 Å². The second kappa shape index (κ2) is 10.3. The van der Waals surface area contributed by atoms with Crippen LogP contribution >= 0.6 is 0 Å². The lowest BCUT2D eigenvalue weighted by Crippen LogP contribution is -2.44. The predicted molar refractivity (Wildman–Crippen MR) is 129 cm³/mol. The molecule has 0 saturated carbocycles. The lowest BCUT2D eigenvalue weighted by atomic mass is 10.1. The maximum atomic E-state index is 14.6. The molecule has 2 saturated heterocycles. The molecule has 184 valence electrons. The molecule has 1 aromatic heterocycles. The summed E-state index contributed by atoms with van der Waals surface area (Å²) in [5.41, 5.74) is 0.943. The first-order chi connectivity index (χ1) is 17.0. The number of piperazine rings is 1. The summed E-state index contributed by atoms with van der Waals surface area (Å²) < 4.78 is 34.5. The van der Waals surface area contributed by atoms with Gasteiger partial charge in [0.25, 0.3) is 5.69 Å². The Labute approximate surface area is 202 Å². The van der Waals surface area contributed by atoms with E-state index in [1.165, 1.54) is 49.6 Å². The largest absolute Gasteiger partial charge is 0.496 e. The summed E-state index contributed by atoms with van der Waals surface area (Å²) >= 11 is 0. The van der Waals surface area contributed by atoms with Gasteiger partial charge in [-0.2, -0.15) is 0 Å². The summed E-state index contributed by atoms with van der Waals surface area (Å²) in [4.78, 5) is 15.3. The maximum Gasteiger partial charge on any atom is 0.325 e. The van der Waals surface area contributed by atoms with Crippen LogP contribution in [0.5, 0.6) is 5.75 Å². The van der Waals surface area contributed by atoms with E-state index in [0.717, 1.165) is 25.2 Å². The number of carbonyl (C=O) groups is 1. The number of amides is 1. The van der Waals surface area contributed by atoms with E-state index in [0.29, 0.717) is 16.5 Å². The Kier molecular flexibility index (Phi) is 7.16. The van der Waals surface area contributed by atoms with Crippen molar-refractivity contribution >= 4 is 17.3 Å². The number of fused-ring (bicyclic) bond motifs is 2. The second-order valence-electron chi connectivity index (χ2n) is 8.19. The molecule has 1 amide bonds. The zero-order valence-corrected chi connectivity index (χ0v) is 19.9. The summed E-state index contributed by atoms with van der Waals surface area (Å²) in [6.07, 6.45) is 0.994. The fourth-order valence-electron chi connectivity index (χ4n) is 4.69. The van der Waals surface area contributed by atoms with Crippen molar-refractivity contribution in [1.29, 1.82) is 0 Å². The molecule has 2 bridgehead atoms. The molecule has 35 heavy (non-hydrogen) atoms. The molecule has 2 fully saturated rings. The minimum atomic E-state index is -0.663. The van der Waals surface area contributed by atoms with E-state index in [1.807, 2.05) is 13.8 Å². The molecule has 2 aliphatic heterocycles. The maximum absolute atomic E-state index is 14.6. The highest BCUT2D eigenvalue weighted by atomic mass is 19.1. The average molecular weight is 484 g/mol. The van der Waals surface area contributed by atoms with Crippen molar-refractivity contribution < 1.29 is 28.2 Å². The van der Waals surface area contributed by atoms with Crippen molar-refractivity contribution in [2.24, 2.45) is 0 Å². The van der Waals surface area contributed by atoms with Crippen LogP contribution in [0.25, 0.3) is 11.3 Å². The fraction of sp³-hybridized carbons (Fsp3) is 0.308. The number of benzene rings is 2. The van der Waals surface area contributed by atoms with Crippen LogP contribution in [0, 0.1) is 11.6 Å². The SMILES string of the molecule is CC.COc1cccc(F)c1-c1cccc(C(=O)Nc2cc(F)ccc2N2CC3CC2CN3)[n+]1O. The predicted octanol–water partition coefficient (Wildman–Crippen LogP) is 3.99. The molecular weight excluding hydrogens is 454 g/mol. The van der Waals surface area contributed by atoms with Crippen molar-refractivity contribution in [1.82, 2.24) is 5.32 Å². The molecule has 2 aromatic carbocycles. The normalized spacial score (nSPS) is 18.1. The summed E-state index contributed by atoms with van der Waals surface area (Å²) in [5, 5.41) is 16.9. The summed E-state index contributed by atoms with van der Waals surface area (Å²) in [6, 6.07) is 13.6. The zero-order chi connectivity index (χ0) is 25.1. The minimum Gasteiger partial charge on any atom is -0.496 e. The fourth-order valence-corrected chi connectivity index (χ4v) is 4.69. The Morgan fingerprint density at radius 3 is 2.63 bits per heavy atom. The molecule has 3 aromatic rings. The van der Waals surface area contributed by atoms with Crippen molar-refractivity contribution in [2.45, 2.75) is 32.4 Å². The van der Waals surface area contributed by atoms with E-state index < -0.39 is 17.5 Å². The number of rotatable bonds is 5. The number of ether oxygens (including phenoxy) is 1. The van der Waals surface area contributed by atoms with Gasteiger partial charge in [0.2, 0.25) is 0 Å². The van der Waals surface area contributed by atoms with Gasteiger partial charge in [-0.3, -0.25) is 10.0 Å². The first-order valence-corrected chi connectivity index (χ1v) is 11.6. The van der Waals surface area contributed by atoms with Gasteiger partial charge in [0, 0.05) is 42.0 Å². The Morgan fingerprint density at radius 1 is 1.17 bits per heavy atom. The zero-order valence-electron chi connectivity index (χ0n) is 19.9. The van der Waals surface area contributed by atoms with Crippen LogP contribution in [-0.2, 0) is 0 Å². The number of hydrogen-bond donors (Lipinski definition) is 3. The van der Waals surface area contributed by atoms with Gasteiger partial charge >= 0.3 is 11.6 Å². The van der Waals surface area contributed by atoms with E-state index in [4.69, 9.17) is 4.74 Å². The lowest BCUT2D eigenvalue weighted by molar-refractivity contribution is -0.897. The number of methoxy groups -OCH3 is 1. The molecule has 3 heterocycles. The second-order valence-corrected chi connectivity index (χ2v) is 8.19. The van der Waals surface area contributed by atoms with Crippen LogP contribution in [0.1, 0.15) is 30.8 Å². The Balaban J connectivity index is 0.00000141. The van der Waals surface area contributed by atoms with E-state index in [-0.39, 0.29) is 28.7 Å². The van der Waals surface area contributed by atoms with Crippen LogP contribution in [0.3, 0.4) is 0 Å². The quantitative estimate of drug-likeness (QED) is 0.378. The lowest BCUT2D eigenvalue weighted by Gasteiger charge is -2.31. The van der Waals surface area contributed by atoms with Crippen LogP contribution in [0.4, 0.5) is 20.2 Å². The van der Waals surface area contributed by atoms with Crippen LogP contribution in [0.15, 0.2) is 54.6 Å². The molecule has 2 atom stereocenters. The number of aromatic nitrogens is 1. The van der Waals surface area contributed by atoms with Crippen molar-refractivity contribution in [3.63, 3.8) is 0 Å². The van der Waals surface area contributed by atoms with E-state index in [9.17, 15) is 18.8 Å². The molecule has 2 unspecified atom stereocenters. The number of pyridine rings is 1. The first kappa shape index (κ1) is 24.4. The topological polar surface area (TPSA) is 77.7 Å². The molecular formula is C26H29F2N4O3+. The third kappa shape index (κ3) is 4.64. The number of halogens is 2. The summed E-state index contributed by atoms with van der Waals surface area (Å²) in [5.74, 6) is -1.55. The number of carbonyl (C=O) groups excluding carboxylic acids is 1. The van der Waals surface area contributed by atoms with Crippen molar-refractivity contribution in [2.75, 3.05) is 30.4 Å². The number of anilines is 2. The third-order valence-corrected chi connectivity index (χ3v) is 6.22. The summed E-state index contributed by atoms with van der Waals surface area (Å²) in [7, 11) is 1.39. The van der Waals surface area contributed by atoms with Crippen molar-refractivity contribution in [3.8, 4) is 17.0 Å². The van der Waals surface area contributed by atoms with Crippen LogP contribution in [0.2, 0.25) is 0 Å². The molecule has 9 heteroatoms. The van der Waals surface area contributed by atoms with Crippen molar-refractivity contribution in [3.05, 3.63) is 71.9 Å². The molecule has 2 aliphatic rings. The molecule has 3 N–H and O–H groups in total. The van der Waals surface area contributed by atoms with Gasteiger partial charge in [0.1, 0.15) is 22.9 Å². The molecule has 7 nitrogen and oxygen atoms in total. The average Bonchev–Trinajstić information content (AvgIpc) is 3.49. The smallest absolute Gasteiger partial charge is 0.325 e. The molecule has 0 radical (unpaired) electrons. The summed E-state index contributed by atoms with van der Waals surface area (Å²) in [6.45, 7) is 5.60. The van der Waals surface area contributed by atoms with Gasteiger partial charge in [-0.25, -0.2) is 8.78 Å².